The normalized spacial score (nSPS) is 18.3. The third-order valence-electron chi connectivity index (χ3n) is 4.77. The number of likely N-dealkylation sites (tertiary alicyclic amines) is 1. The molecule has 0 bridgehead atoms. The van der Waals surface area contributed by atoms with E-state index >= 15 is 0 Å². The van der Waals surface area contributed by atoms with Crippen LogP contribution in [0.4, 0.5) is 0 Å². The van der Waals surface area contributed by atoms with E-state index < -0.39 is 9.84 Å². The number of carbonyl (C=O) groups is 1. The molecule has 2 aromatic rings. The molecule has 0 N–H and O–H groups in total. The first-order valence-electron chi connectivity index (χ1n) is 8.64. The molecule has 1 fully saturated rings. The third-order valence-corrected chi connectivity index (χ3v) is 6.45. The Morgan fingerprint density at radius 1 is 1.24 bits per heavy atom. The number of hydrogen-bond acceptors (Lipinski definition) is 4. The fraction of sp³-hybridized carbons (Fsp3) is 0.421. The Balaban J connectivity index is 1.80. The second-order valence-electron chi connectivity index (χ2n) is 6.51. The van der Waals surface area contributed by atoms with Gasteiger partial charge in [-0.2, -0.15) is 0 Å². The first-order valence-corrected chi connectivity index (χ1v) is 10.3. The Morgan fingerprint density at radius 2 is 2.00 bits per heavy atom. The average molecular weight is 361 g/mol. The van der Waals surface area contributed by atoms with Crippen molar-refractivity contribution in [1.29, 1.82) is 0 Å². The fourth-order valence-electron chi connectivity index (χ4n) is 3.28. The van der Waals surface area contributed by atoms with E-state index in [1.807, 2.05) is 0 Å². The van der Waals surface area contributed by atoms with Crippen molar-refractivity contribution in [3.8, 4) is 0 Å². The molecule has 1 saturated heterocycles. The number of sulfone groups is 1. The Kier molecular flexibility index (Phi) is 5.27. The quantitative estimate of drug-likeness (QED) is 0.817. The van der Waals surface area contributed by atoms with Gasteiger partial charge < -0.3 is 9.32 Å². The molecule has 0 spiro atoms. The molecule has 134 valence electrons. The van der Waals surface area contributed by atoms with E-state index in [0.717, 1.165) is 19.3 Å². The lowest BCUT2D eigenvalue weighted by molar-refractivity contribution is 0.0638. The van der Waals surface area contributed by atoms with Crippen LogP contribution in [0.1, 0.15) is 42.3 Å². The van der Waals surface area contributed by atoms with Gasteiger partial charge >= 0.3 is 0 Å². The molecule has 0 unspecified atom stereocenters. The van der Waals surface area contributed by atoms with Crippen LogP contribution in [-0.4, -0.2) is 32.3 Å². The van der Waals surface area contributed by atoms with Gasteiger partial charge in [-0.15, -0.1) is 0 Å². The predicted molar refractivity (Wildman–Crippen MR) is 95.0 cm³/mol. The van der Waals surface area contributed by atoms with Crippen LogP contribution in [0.5, 0.6) is 0 Å². The summed E-state index contributed by atoms with van der Waals surface area (Å²) >= 11 is 0. The number of piperidine rings is 1. The maximum atomic E-state index is 12.8. The van der Waals surface area contributed by atoms with Gasteiger partial charge in [0.1, 0.15) is 0 Å². The molecule has 5 nitrogen and oxygen atoms in total. The van der Waals surface area contributed by atoms with Gasteiger partial charge in [-0.05, 0) is 37.0 Å². The summed E-state index contributed by atoms with van der Waals surface area (Å²) in [4.78, 5) is 14.8. The van der Waals surface area contributed by atoms with Crippen LogP contribution >= 0.6 is 0 Å². The molecule has 1 amide bonds. The summed E-state index contributed by atoms with van der Waals surface area (Å²) in [5.41, 5.74) is 0.424. The van der Waals surface area contributed by atoms with Gasteiger partial charge in [-0.3, -0.25) is 4.79 Å². The van der Waals surface area contributed by atoms with Crippen LogP contribution in [0.15, 0.2) is 52.0 Å². The summed E-state index contributed by atoms with van der Waals surface area (Å²) in [6, 6.07) is 9.85. The smallest absolute Gasteiger partial charge is 0.289 e. The molecule has 2 heterocycles. The van der Waals surface area contributed by atoms with Crippen LogP contribution < -0.4 is 0 Å². The van der Waals surface area contributed by atoms with Crippen LogP contribution in [0.3, 0.4) is 0 Å². The summed E-state index contributed by atoms with van der Waals surface area (Å²) in [5, 5.41) is 0. The number of amides is 1. The number of hydrogen-bond donors (Lipinski definition) is 0. The van der Waals surface area contributed by atoms with Gasteiger partial charge in [0.2, 0.25) is 0 Å². The van der Waals surface area contributed by atoms with E-state index in [2.05, 4.69) is 6.92 Å². The molecular weight excluding hydrogens is 338 g/mol. The lowest BCUT2D eigenvalue weighted by atomic mass is 9.95. The third kappa shape index (κ3) is 3.95. The van der Waals surface area contributed by atoms with Gasteiger partial charge in [0.05, 0.1) is 16.9 Å². The number of carbonyl (C=O) groups excluding carboxylic acids is 1. The van der Waals surface area contributed by atoms with Gasteiger partial charge in [0.15, 0.2) is 15.6 Å². The van der Waals surface area contributed by atoms with Gasteiger partial charge in [0, 0.05) is 18.7 Å². The molecule has 1 aliphatic rings. The first kappa shape index (κ1) is 17.7. The SMILES string of the molecule is CC[C@@H]1CCCN(C(=O)c2occc2CS(=O)(=O)c2ccccc2)C1. The molecule has 1 aromatic heterocycles. The largest absolute Gasteiger partial charge is 0.459 e. The Bertz CT molecular complexity index is 826. The van der Waals surface area contributed by atoms with Crippen LogP contribution in [0.2, 0.25) is 0 Å². The number of nitrogens with zero attached hydrogens (tertiary/aromatic N) is 1. The highest BCUT2D eigenvalue weighted by molar-refractivity contribution is 7.90. The van der Waals surface area contributed by atoms with Crippen LogP contribution in [0, 0.1) is 5.92 Å². The van der Waals surface area contributed by atoms with Crippen molar-refractivity contribution in [2.24, 2.45) is 5.92 Å². The van der Waals surface area contributed by atoms with Crippen LogP contribution in [0.25, 0.3) is 0 Å². The summed E-state index contributed by atoms with van der Waals surface area (Å²) in [7, 11) is -3.52. The van der Waals surface area contributed by atoms with Crippen molar-refractivity contribution < 1.29 is 17.6 Å². The van der Waals surface area contributed by atoms with Gasteiger partial charge in [-0.25, -0.2) is 8.42 Å². The van der Waals surface area contributed by atoms with Crippen molar-refractivity contribution in [2.45, 2.75) is 36.8 Å². The number of benzene rings is 1. The van der Waals surface area contributed by atoms with E-state index in [1.165, 1.54) is 6.26 Å². The molecule has 0 saturated carbocycles. The van der Waals surface area contributed by atoms with Crippen molar-refractivity contribution in [3.05, 3.63) is 54.0 Å². The molecule has 25 heavy (non-hydrogen) atoms. The number of rotatable bonds is 5. The minimum absolute atomic E-state index is 0.149. The molecule has 0 aliphatic carbocycles. The van der Waals surface area contributed by atoms with Crippen molar-refractivity contribution in [2.75, 3.05) is 13.1 Å². The number of furan rings is 1. The first-order chi connectivity index (χ1) is 12.0. The molecule has 1 atom stereocenters. The van der Waals surface area contributed by atoms with Crippen molar-refractivity contribution in [3.63, 3.8) is 0 Å². The summed E-state index contributed by atoms with van der Waals surface area (Å²) in [5.74, 6) is 0.210. The van der Waals surface area contributed by atoms with Crippen molar-refractivity contribution in [1.82, 2.24) is 4.90 Å². The zero-order valence-electron chi connectivity index (χ0n) is 14.3. The minimum Gasteiger partial charge on any atom is -0.459 e. The summed E-state index contributed by atoms with van der Waals surface area (Å²) in [6.45, 7) is 3.53. The zero-order chi connectivity index (χ0) is 17.9. The van der Waals surface area contributed by atoms with E-state index in [9.17, 15) is 13.2 Å². The molecule has 1 aromatic carbocycles. The zero-order valence-corrected chi connectivity index (χ0v) is 15.2. The molecule has 0 radical (unpaired) electrons. The second-order valence-corrected chi connectivity index (χ2v) is 8.50. The summed E-state index contributed by atoms with van der Waals surface area (Å²) in [6.07, 6.45) is 4.54. The molecule has 6 heteroatoms. The Hall–Kier alpha value is -2.08. The lowest BCUT2D eigenvalue weighted by Crippen LogP contribution is -2.40. The standard InChI is InChI=1S/C19H23NO4S/c1-2-15-7-6-11-20(13-15)19(21)18-16(10-12-24-18)14-25(22,23)17-8-4-3-5-9-17/h3-5,8-10,12,15H,2,6-7,11,13-14H2,1H3/t15-/m1/s1. The van der Waals surface area contributed by atoms with Crippen molar-refractivity contribution >= 4 is 15.7 Å². The summed E-state index contributed by atoms with van der Waals surface area (Å²) < 4.78 is 30.5. The monoisotopic (exact) mass is 361 g/mol. The van der Waals surface area contributed by atoms with E-state index in [0.29, 0.717) is 24.6 Å². The maximum Gasteiger partial charge on any atom is 0.289 e. The topological polar surface area (TPSA) is 67.6 Å². The second kappa shape index (κ2) is 7.44. The average Bonchev–Trinajstić information content (AvgIpc) is 3.09. The van der Waals surface area contributed by atoms with E-state index in [1.54, 1.807) is 41.3 Å². The predicted octanol–water partition coefficient (Wildman–Crippen LogP) is 3.52. The molecule has 3 rings (SSSR count). The highest BCUT2D eigenvalue weighted by atomic mass is 32.2. The lowest BCUT2D eigenvalue weighted by Gasteiger charge is -2.31. The molecule has 1 aliphatic heterocycles. The van der Waals surface area contributed by atoms with Crippen LogP contribution in [-0.2, 0) is 15.6 Å². The van der Waals surface area contributed by atoms with Gasteiger partial charge in [-0.1, -0.05) is 31.5 Å². The fourth-order valence-corrected chi connectivity index (χ4v) is 4.65. The maximum absolute atomic E-state index is 12.8. The molecular formula is C19H23NO4S. The highest BCUT2D eigenvalue weighted by Gasteiger charge is 2.28. The van der Waals surface area contributed by atoms with Gasteiger partial charge in [0.25, 0.3) is 5.91 Å². The Morgan fingerprint density at radius 3 is 2.72 bits per heavy atom. The van der Waals surface area contributed by atoms with E-state index in [-0.39, 0.29) is 22.3 Å². The Labute approximate surface area is 148 Å². The minimum atomic E-state index is -3.52. The van der Waals surface area contributed by atoms with E-state index in [4.69, 9.17) is 4.42 Å². The highest BCUT2D eigenvalue weighted by Crippen LogP contribution is 2.24.